The van der Waals surface area contributed by atoms with Gasteiger partial charge in [0.05, 0.1) is 0 Å². The molecule has 454 valence electrons. The van der Waals surface area contributed by atoms with Gasteiger partial charge in [0.2, 0.25) is 0 Å². The third-order valence-electron chi connectivity index (χ3n) is 18.8. The van der Waals surface area contributed by atoms with Crippen LogP contribution in [0.1, 0.15) is 433 Å². The second kappa shape index (κ2) is 45.9. The highest BCUT2D eigenvalue weighted by Crippen LogP contribution is 2.46. The van der Waals surface area contributed by atoms with Gasteiger partial charge < -0.3 is 0 Å². The first kappa shape index (κ1) is 72.5. The van der Waals surface area contributed by atoms with Crippen molar-refractivity contribution in [3.63, 3.8) is 0 Å². The summed E-state index contributed by atoms with van der Waals surface area (Å²) in [5.41, 5.74) is 17.5. The van der Waals surface area contributed by atoms with Crippen molar-refractivity contribution in [3.8, 4) is 0 Å². The SMILES string of the molecule is CCCCCCCCCCCCCc1cc(C(C)(C)C)c(CCCCCCCCCCCCC)c(C(CCC)c2c(C)c(CCCCCCCCCCCCC)cc(C(C)(C)C)c2CCCCCCCCCCCCC)c1C. The predicted molar refractivity (Wildman–Crippen MR) is 357 cm³/mol. The molecule has 0 N–H and O–H groups in total. The molecule has 2 rings (SSSR count). The third-order valence-corrected chi connectivity index (χ3v) is 18.8. The van der Waals surface area contributed by atoms with Crippen molar-refractivity contribution in [2.75, 3.05) is 0 Å². The van der Waals surface area contributed by atoms with Gasteiger partial charge in [-0.25, -0.2) is 0 Å². The quantitative estimate of drug-likeness (QED) is 0.0579. The summed E-state index contributed by atoms with van der Waals surface area (Å²) in [6.07, 6.45) is 69.5. The minimum Gasteiger partial charge on any atom is -0.0654 e. The molecule has 0 aliphatic rings. The van der Waals surface area contributed by atoms with E-state index in [1.54, 1.807) is 55.6 Å². The lowest BCUT2D eigenvalue weighted by molar-refractivity contribution is 0.539. The second-order valence-electron chi connectivity index (χ2n) is 28.2. The van der Waals surface area contributed by atoms with Crippen LogP contribution in [0, 0.1) is 13.8 Å². The first-order valence-corrected chi connectivity index (χ1v) is 36.1. The molecule has 0 heterocycles. The molecule has 0 heteroatoms. The van der Waals surface area contributed by atoms with E-state index < -0.39 is 0 Å². The monoisotopic (exact) mass is 1080 g/mol. The predicted octanol–water partition coefficient (Wildman–Crippen LogP) is 27.2. The number of rotatable bonds is 52. The van der Waals surface area contributed by atoms with Gasteiger partial charge in [0, 0.05) is 5.92 Å². The maximum Gasteiger partial charge on any atom is 0.0100 e. The van der Waals surface area contributed by atoms with Crippen molar-refractivity contribution in [1.29, 1.82) is 0 Å². The number of hydrogen-bond donors (Lipinski definition) is 0. The average molecular weight is 1080 g/mol. The fraction of sp³-hybridized carbons (Fsp3) is 0.846. The molecule has 0 aliphatic carbocycles. The van der Waals surface area contributed by atoms with Gasteiger partial charge in [-0.2, -0.15) is 0 Å². The average Bonchev–Trinajstić information content (AvgIpc) is 3.53. The number of hydrogen-bond acceptors (Lipinski definition) is 0. The molecule has 0 nitrogen and oxygen atoms in total. The van der Waals surface area contributed by atoms with Gasteiger partial charge in [-0.15, -0.1) is 0 Å². The van der Waals surface area contributed by atoms with Crippen LogP contribution in [-0.2, 0) is 36.5 Å². The standard InChI is InChI=1S/C78H142/c1-14-19-23-27-31-35-39-43-47-51-55-60-68-64-73(77(8,9)10)70(62-57-53-49-45-41-37-33-29-25-21-16-3)75(66(68)6)72(59-18-5)76-67(7)69(61-56-52-48-44-40-36-32-28-24-20-15-2)65-74(78(11,12)13)71(76)63-58-54-50-46-42-38-34-30-26-22-17-4/h64-65,72H,14-63H2,1-13H3. The Morgan fingerprint density at radius 1 is 0.269 bits per heavy atom. The number of unbranched alkanes of at least 4 members (excludes halogenated alkanes) is 40. The lowest BCUT2D eigenvalue weighted by Crippen LogP contribution is -2.23. The topological polar surface area (TPSA) is 0 Å². The van der Waals surface area contributed by atoms with Crippen LogP contribution in [0.2, 0.25) is 0 Å². The summed E-state index contributed by atoms with van der Waals surface area (Å²) in [4.78, 5) is 0. The fourth-order valence-electron chi connectivity index (χ4n) is 13.8. The molecule has 0 saturated carbocycles. The zero-order chi connectivity index (χ0) is 57.1. The van der Waals surface area contributed by atoms with Crippen LogP contribution in [0.15, 0.2) is 12.1 Å². The van der Waals surface area contributed by atoms with Crippen molar-refractivity contribution in [1.82, 2.24) is 0 Å². The van der Waals surface area contributed by atoms with Crippen molar-refractivity contribution < 1.29 is 0 Å². The van der Waals surface area contributed by atoms with E-state index in [0.29, 0.717) is 5.92 Å². The van der Waals surface area contributed by atoms with Crippen LogP contribution < -0.4 is 0 Å². The largest absolute Gasteiger partial charge is 0.0654 e. The normalized spacial score (nSPS) is 12.3. The molecule has 0 unspecified atom stereocenters. The first-order chi connectivity index (χ1) is 37.8. The summed E-state index contributed by atoms with van der Waals surface area (Å²) in [6, 6.07) is 5.57. The molecule has 0 spiro atoms. The van der Waals surface area contributed by atoms with Crippen LogP contribution in [-0.4, -0.2) is 0 Å². The Balaban J connectivity index is 2.67. The van der Waals surface area contributed by atoms with Gasteiger partial charge in [0.1, 0.15) is 0 Å². The van der Waals surface area contributed by atoms with Gasteiger partial charge in [0.15, 0.2) is 0 Å². The smallest absolute Gasteiger partial charge is 0.0100 e. The highest BCUT2D eigenvalue weighted by atomic mass is 14.4. The van der Waals surface area contributed by atoms with Gasteiger partial charge in [-0.1, -0.05) is 352 Å². The molecule has 0 saturated heterocycles. The van der Waals surface area contributed by atoms with Crippen molar-refractivity contribution >= 4 is 0 Å². The summed E-state index contributed by atoms with van der Waals surface area (Å²) in [6.45, 7) is 32.5. The van der Waals surface area contributed by atoms with E-state index in [0.717, 1.165) is 0 Å². The van der Waals surface area contributed by atoms with Crippen LogP contribution in [0.5, 0.6) is 0 Å². The van der Waals surface area contributed by atoms with Crippen LogP contribution in [0.25, 0.3) is 0 Å². The minimum absolute atomic E-state index is 0.110. The number of benzene rings is 2. The molecule has 78 heavy (non-hydrogen) atoms. The molecule has 2 aromatic carbocycles. The Morgan fingerprint density at radius 3 is 0.679 bits per heavy atom. The Kier molecular flexibility index (Phi) is 42.7. The van der Waals surface area contributed by atoms with E-state index in [1.807, 2.05) is 0 Å². The lowest BCUT2D eigenvalue weighted by Gasteiger charge is -2.36. The van der Waals surface area contributed by atoms with Crippen molar-refractivity contribution in [3.05, 3.63) is 67.8 Å². The molecule has 0 radical (unpaired) electrons. The lowest BCUT2D eigenvalue weighted by atomic mass is 9.69. The van der Waals surface area contributed by atoms with Gasteiger partial charge in [-0.3, -0.25) is 0 Å². The van der Waals surface area contributed by atoms with E-state index in [4.69, 9.17) is 0 Å². The van der Waals surface area contributed by atoms with E-state index in [9.17, 15) is 0 Å². The molecule has 0 amide bonds. The maximum atomic E-state index is 2.79. The van der Waals surface area contributed by atoms with Crippen LogP contribution in [0.3, 0.4) is 0 Å². The summed E-state index contributed by atoms with van der Waals surface area (Å²) in [7, 11) is 0. The molecule has 0 bridgehead atoms. The van der Waals surface area contributed by atoms with Crippen molar-refractivity contribution in [2.45, 2.75) is 428 Å². The maximum absolute atomic E-state index is 2.79. The van der Waals surface area contributed by atoms with Crippen molar-refractivity contribution in [2.24, 2.45) is 0 Å². The van der Waals surface area contributed by atoms with Gasteiger partial charge in [0.25, 0.3) is 0 Å². The fourth-order valence-corrected chi connectivity index (χ4v) is 13.8. The summed E-state index contributed by atoms with van der Waals surface area (Å²) < 4.78 is 0. The first-order valence-electron chi connectivity index (χ1n) is 36.1. The highest BCUT2D eigenvalue weighted by molar-refractivity contribution is 5.58. The Bertz CT molecular complexity index is 1580. The second-order valence-corrected chi connectivity index (χ2v) is 28.2. The molecular formula is C78H142. The Labute approximate surface area is 493 Å². The molecular weight excluding hydrogens is 937 g/mol. The van der Waals surface area contributed by atoms with Crippen LogP contribution >= 0.6 is 0 Å². The third kappa shape index (κ3) is 31.2. The highest BCUT2D eigenvalue weighted by Gasteiger charge is 2.32. The summed E-state index contributed by atoms with van der Waals surface area (Å²) >= 11 is 0. The molecule has 0 atom stereocenters. The van der Waals surface area contributed by atoms with E-state index >= 15 is 0 Å². The molecule has 0 aromatic heterocycles. The zero-order valence-electron chi connectivity index (χ0n) is 56.1. The molecule has 0 aliphatic heterocycles. The zero-order valence-corrected chi connectivity index (χ0v) is 56.1. The van der Waals surface area contributed by atoms with Crippen LogP contribution in [0.4, 0.5) is 0 Å². The summed E-state index contributed by atoms with van der Waals surface area (Å²) in [5.74, 6) is 0.456. The molecule has 2 aromatic rings. The molecule has 0 fully saturated rings. The van der Waals surface area contributed by atoms with Gasteiger partial charge in [-0.05, 0) is 138 Å². The van der Waals surface area contributed by atoms with E-state index in [1.165, 1.54) is 321 Å². The van der Waals surface area contributed by atoms with E-state index in [-0.39, 0.29) is 10.8 Å². The summed E-state index contributed by atoms with van der Waals surface area (Å²) in [5, 5.41) is 0. The Morgan fingerprint density at radius 2 is 0.474 bits per heavy atom. The minimum atomic E-state index is 0.110. The van der Waals surface area contributed by atoms with E-state index in [2.05, 4.69) is 102 Å². The Hall–Kier alpha value is -1.56. The van der Waals surface area contributed by atoms with Gasteiger partial charge >= 0.3 is 0 Å². The number of aryl methyl sites for hydroxylation is 2.